The molecule has 2 fully saturated rings. The van der Waals surface area contributed by atoms with E-state index in [9.17, 15) is 0 Å². The molecule has 1 aromatic carbocycles. The SMILES string of the molecule is CC(C)CN1CCCC(N)C1c1cccc(C2CC2)c1. The minimum atomic E-state index is 0.289. The second-order valence-electron chi connectivity index (χ2n) is 7.08. The molecule has 0 aromatic heterocycles. The molecule has 2 heteroatoms. The highest BCUT2D eigenvalue weighted by atomic mass is 15.2. The zero-order valence-corrected chi connectivity index (χ0v) is 12.9. The third kappa shape index (κ3) is 3.07. The lowest BCUT2D eigenvalue weighted by molar-refractivity contribution is 0.114. The van der Waals surface area contributed by atoms with Crippen molar-refractivity contribution in [1.82, 2.24) is 4.90 Å². The molecule has 0 radical (unpaired) electrons. The quantitative estimate of drug-likeness (QED) is 0.906. The van der Waals surface area contributed by atoms with E-state index in [1.165, 1.54) is 36.9 Å². The predicted molar refractivity (Wildman–Crippen MR) is 84.8 cm³/mol. The second-order valence-corrected chi connectivity index (χ2v) is 7.08. The molecular formula is C18H28N2. The van der Waals surface area contributed by atoms with Gasteiger partial charge < -0.3 is 5.73 Å². The van der Waals surface area contributed by atoms with Crippen LogP contribution in [0.15, 0.2) is 24.3 Å². The highest BCUT2D eigenvalue weighted by molar-refractivity contribution is 5.32. The Kier molecular flexibility index (Phi) is 4.13. The molecule has 2 aliphatic rings. The van der Waals surface area contributed by atoms with Crippen molar-refractivity contribution in [3.8, 4) is 0 Å². The maximum Gasteiger partial charge on any atom is 0.0499 e. The second kappa shape index (κ2) is 5.87. The van der Waals surface area contributed by atoms with Crippen LogP contribution in [0.5, 0.6) is 0 Å². The van der Waals surface area contributed by atoms with Crippen LogP contribution in [-0.2, 0) is 0 Å². The third-order valence-corrected chi connectivity index (χ3v) is 4.68. The van der Waals surface area contributed by atoms with Crippen molar-refractivity contribution < 1.29 is 0 Å². The summed E-state index contributed by atoms with van der Waals surface area (Å²) in [4.78, 5) is 2.62. The van der Waals surface area contributed by atoms with Gasteiger partial charge in [0.05, 0.1) is 0 Å². The molecule has 2 nitrogen and oxygen atoms in total. The first kappa shape index (κ1) is 14.1. The molecule has 0 bridgehead atoms. The Morgan fingerprint density at radius 2 is 1.95 bits per heavy atom. The molecule has 0 amide bonds. The van der Waals surface area contributed by atoms with Crippen LogP contribution in [0.2, 0.25) is 0 Å². The molecule has 20 heavy (non-hydrogen) atoms. The van der Waals surface area contributed by atoms with Crippen molar-refractivity contribution in [2.75, 3.05) is 13.1 Å². The molecule has 110 valence electrons. The van der Waals surface area contributed by atoms with E-state index in [1.807, 2.05) is 0 Å². The average molecular weight is 272 g/mol. The molecular weight excluding hydrogens is 244 g/mol. The van der Waals surface area contributed by atoms with E-state index in [0.717, 1.165) is 18.9 Å². The van der Waals surface area contributed by atoms with Crippen molar-refractivity contribution in [2.24, 2.45) is 11.7 Å². The summed E-state index contributed by atoms with van der Waals surface area (Å²) in [5.41, 5.74) is 9.46. The number of benzene rings is 1. The first-order valence-electron chi connectivity index (χ1n) is 8.24. The van der Waals surface area contributed by atoms with Crippen LogP contribution in [0.1, 0.15) is 62.6 Å². The fourth-order valence-electron chi connectivity index (χ4n) is 3.64. The van der Waals surface area contributed by atoms with E-state index in [2.05, 4.69) is 43.0 Å². The summed E-state index contributed by atoms with van der Waals surface area (Å²) in [6.45, 7) is 6.96. The summed E-state index contributed by atoms with van der Waals surface area (Å²) >= 11 is 0. The van der Waals surface area contributed by atoms with Crippen LogP contribution in [0, 0.1) is 5.92 Å². The molecule has 1 aromatic rings. The lowest BCUT2D eigenvalue weighted by Crippen LogP contribution is -2.47. The Labute approximate surface area is 123 Å². The minimum absolute atomic E-state index is 0.289. The monoisotopic (exact) mass is 272 g/mol. The van der Waals surface area contributed by atoms with Crippen LogP contribution in [0.25, 0.3) is 0 Å². The Morgan fingerprint density at radius 3 is 2.65 bits per heavy atom. The lowest BCUT2D eigenvalue weighted by Gasteiger charge is -2.41. The molecule has 2 N–H and O–H groups in total. The van der Waals surface area contributed by atoms with Crippen LogP contribution >= 0.6 is 0 Å². The van der Waals surface area contributed by atoms with Gasteiger partial charge in [0.2, 0.25) is 0 Å². The van der Waals surface area contributed by atoms with Gasteiger partial charge in [0.25, 0.3) is 0 Å². The number of likely N-dealkylation sites (tertiary alicyclic amines) is 1. The minimum Gasteiger partial charge on any atom is -0.326 e. The van der Waals surface area contributed by atoms with Gasteiger partial charge in [-0.2, -0.15) is 0 Å². The molecule has 3 rings (SSSR count). The molecule has 0 spiro atoms. The third-order valence-electron chi connectivity index (χ3n) is 4.68. The Hall–Kier alpha value is -0.860. The summed E-state index contributed by atoms with van der Waals surface area (Å²) in [5.74, 6) is 1.53. The smallest absolute Gasteiger partial charge is 0.0499 e. The standard InChI is InChI=1S/C18H28N2/c1-13(2)12-20-10-4-7-17(19)18(20)16-6-3-5-15(11-16)14-8-9-14/h3,5-6,11,13-14,17-18H,4,7-10,12,19H2,1-2H3. The summed E-state index contributed by atoms with van der Waals surface area (Å²) < 4.78 is 0. The van der Waals surface area contributed by atoms with Crippen molar-refractivity contribution in [1.29, 1.82) is 0 Å². The van der Waals surface area contributed by atoms with Gasteiger partial charge in [-0.05, 0) is 55.2 Å². The van der Waals surface area contributed by atoms with E-state index in [1.54, 1.807) is 0 Å². The molecule has 2 atom stereocenters. The van der Waals surface area contributed by atoms with E-state index < -0.39 is 0 Å². The van der Waals surface area contributed by atoms with Crippen LogP contribution in [-0.4, -0.2) is 24.0 Å². The summed E-state index contributed by atoms with van der Waals surface area (Å²) in [6, 6.07) is 9.96. The van der Waals surface area contributed by atoms with Gasteiger partial charge in [-0.15, -0.1) is 0 Å². The number of piperidine rings is 1. The van der Waals surface area contributed by atoms with E-state index >= 15 is 0 Å². The Bertz CT molecular complexity index is 450. The van der Waals surface area contributed by atoms with Gasteiger partial charge in [-0.25, -0.2) is 0 Å². The zero-order valence-electron chi connectivity index (χ0n) is 12.9. The fourth-order valence-corrected chi connectivity index (χ4v) is 3.64. The van der Waals surface area contributed by atoms with Gasteiger partial charge >= 0.3 is 0 Å². The molecule has 2 unspecified atom stereocenters. The molecule has 1 aliphatic carbocycles. The van der Waals surface area contributed by atoms with Crippen LogP contribution in [0.4, 0.5) is 0 Å². The molecule has 1 saturated carbocycles. The van der Waals surface area contributed by atoms with Crippen molar-refractivity contribution in [3.05, 3.63) is 35.4 Å². The lowest BCUT2D eigenvalue weighted by atomic mass is 9.89. The van der Waals surface area contributed by atoms with Crippen LogP contribution in [0.3, 0.4) is 0 Å². The summed E-state index contributed by atoms with van der Waals surface area (Å²) in [6.07, 6.45) is 5.14. The number of nitrogens with two attached hydrogens (primary N) is 1. The van der Waals surface area contributed by atoms with Gasteiger partial charge in [0.15, 0.2) is 0 Å². The first-order chi connectivity index (χ1) is 9.65. The normalized spacial score (nSPS) is 28.0. The molecule has 1 aliphatic heterocycles. The zero-order chi connectivity index (χ0) is 14.1. The van der Waals surface area contributed by atoms with Gasteiger partial charge in [-0.3, -0.25) is 4.90 Å². The number of hydrogen-bond acceptors (Lipinski definition) is 2. The van der Waals surface area contributed by atoms with Gasteiger partial charge in [0.1, 0.15) is 0 Å². The number of nitrogens with zero attached hydrogens (tertiary/aromatic N) is 1. The van der Waals surface area contributed by atoms with Gasteiger partial charge in [0, 0.05) is 18.6 Å². The van der Waals surface area contributed by atoms with E-state index in [-0.39, 0.29) is 6.04 Å². The fraction of sp³-hybridized carbons (Fsp3) is 0.667. The van der Waals surface area contributed by atoms with Gasteiger partial charge in [-0.1, -0.05) is 38.1 Å². The van der Waals surface area contributed by atoms with Crippen molar-refractivity contribution in [2.45, 2.75) is 57.5 Å². The largest absolute Gasteiger partial charge is 0.326 e. The maximum atomic E-state index is 6.48. The van der Waals surface area contributed by atoms with Crippen molar-refractivity contribution in [3.63, 3.8) is 0 Å². The highest BCUT2D eigenvalue weighted by Crippen LogP contribution is 2.41. The molecule has 1 heterocycles. The summed E-state index contributed by atoms with van der Waals surface area (Å²) in [7, 11) is 0. The molecule has 1 saturated heterocycles. The Balaban J connectivity index is 1.84. The average Bonchev–Trinajstić information content (AvgIpc) is 3.22. The van der Waals surface area contributed by atoms with E-state index in [4.69, 9.17) is 5.73 Å². The summed E-state index contributed by atoms with van der Waals surface area (Å²) in [5, 5.41) is 0. The topological polar surface area (TPSA) is 29.3 Å². The van der Waals surface area contributed by atoms with E-state index in [0.29, 0.717) is 12.0 Å². The predicted octanol–water partition coefficient (Wildman–Crippen LogP) is 3.68. The van der Waals surface area contributed by atoms with Crippen LogP contribution < -0.4 is 5.73 Å². The maximum absolute atomic E-state index is 6.48. The van der Waals surface area contributed by atoms with Crippen molar-refractivity contribution >= 4 is 0 Å². The highest BCUT2D eigenvalue weighted by Gasteiger charge is 2.31. The Morgan fingerprint density at radius 1 is 1.20 bits per heavy atom. The first-order valence-corrected chi connectivity index (χ1v) is 8.24. The number of rotatable bonds is 4. The number of hydrogen-bond donors (Lipinski definition) is 1.